The molecule has 0 saturated carbocycles. The summed E-state index contributed by atoms with van der Waals surface area (Å²) < 4.78 is 11.8. The fraction of sp³-hybridized carbons (Fsp3) is 0.688. The number of rotatable bonds is 17. The first-order valence-corrected chi connectivity index (χ1v) is 14.6. The first-order valence-electron chi connectivity index (χ1n) is 14.6. The van der Waals surface area contributed by atoms with Crippen molar-refractivity contribution in [1.82, 2.24) is 0 Å². The summed E-state index contributed by atoms with van der Waals surface area (Å²) in [7, 11) is 0. The van der Waals surface area contributed by atoms with Crippen molar-refractivity contribution in [2.45, 2.75) is 143 Å². The van der Waals surface area contributed by atoms with Crippen molar-refractivity contribution < 1.29 is 24.2 Å². The minimum absolute atomic E-state index is 0.192. The number of carbonyl (C=O) groups excluding carboxylic acids is 1. The van der Waals surface area contributed by atoms with Crippen LogP contribution >= 0.6 is 0 Å². The van der Waals surface area contributed by atoms with E-state index < -0.39 is 11.6 Å². The Balaban J connectivity index is 1.65. The van der Waals surface area contributed by atoms with E-state index in [1.54, 1.807) is 6.92 Å². The number of allylic oxidation sites excluding steroid dienone is 2. The summed E-state index contributed by atoms with van der Waals surface area (Å²) in [5.74, 6) is 0.0970. The molecule has 0 fully saturated rings. The summed E-state index contributed by atoms with van der Waals surface area (Å²) in [6, 6.07) is 0. The van der Waals surface area contributed by atoms with Gasteiger partial charge in [-0.05, 0) is 76.5 Å². The van der Waals surface area contributed by atoms with Gasteiger partial charge in [-0.2, -0.15) is 0 Å². The number of carboxylic acids is 1. The Kier molecular flexibility index (Phi) is 13.2. The fourth-order valence-corrected chi connectivity index (χ4v) is 5.11. The summed E-state index contributed by atoms with van der Waals surface area (Å²) in [4.78, 5) is 24.3. The van der Waals surface area contributed by atoms with Gasteiger partial charge in [-0.1, -0.05) is 76.9 Å². The molecular formula is C32H50O5. The summed E-state index contributed by atoms with van der Waals surface area (Å²) in [6.07, 6.45) is 22.0. The van der Waals surface area contributed by atoms with E-state index in [1.165, 1.54) is 64.2 Å². The van der Waals surface area contributed by atoms with Crippen molar-refractivity contribution >= 4 is 11.9 Å². The molecule has 1 atom stereocenters. The molecule has 5 nitrogen and oxygen atoms in total. The van der Waals surface area contributed by atoms with Crippen LogP contribution in [0.15, 0.2) is 12.2 Å². The van der Waals surface area contributed by atoms with Gasteiger partial charge in [-0.3, -0.25) is 4.79 Å². The molecule has 0 radical (unpaired) electrons. The Hall–Kier alpha value is -2.30. The lowest BCUT2D eigenvalue weighted by atomic mass is 9.87. The third-order valence-electron chi connectivity index (χ3n) is 7.81. The van der Waals surface area contributed by atoms with Gasteiger partial charge in [-0.25, -0.2) is 4.79 Å². The molecule has 1 heterocycles. The second-order valence-electron chi connectivity index (χ2n) is 10.9. The average molecular weight is 515 g/mol. The van der Waals surface area contributed by atoms with Crippen LogP contribution in [0, 0.1) is 20.8 Å². The number of carboxylic acid groups (broad SMARTS) is 1. The number of aliphatic carboxylic acids is 1. The molecule has 37 heavy (non-hydrogen) atoms. The molecule has 2 rings (SSSR count). The predicted molar refractivity (Wildman–Crippen MR) is 151 cm³/mol. The number of benzene rings is 1. The first kappa shape index (κ1) is 30.9. The molecule has 208 valence electrons. The van der Waals surface area contributed by atoms with Crippen LogP contribution in [0.5, 0.6) is 11.5 Å². The van der Waals surface area contributed by atoms with Crippen LogP contribution in [0.25, 0.3) is 0 Å². The second-order valence-corrected chi connectivity index (χ2v) is 10.9. The zero-order valence-electron chi connectivity index (χ0n) is 24.0. The lowest BCUT2D eigenvalue weighted by Gasteiger charge is -2.35. The number of carbonyl (C=O) groups is 2. The number of ether oxygens (including phenoxy) is 2. The Labute approximate surface area is 225 Å². The third-order valence-corrected chi connectivity index (χ3v) is 7.81. The Bertz CT molecular complexity index is 916. The molecule has 1 aliphatic rings. The van der Waals surface area contributed by atoms with E-state index in [-0.39, 0.29) is 5.97 Å². The van der Waals surface area contributed by atoms with Crippen LogP contribution in [0.2, 0.25) is 0 Å². The number of unbranched alkanes of at least 4 members (excludes halogenated alkanes) is 11. The molecule has 0 bridgehead atoms. The lowest BCUT2D eigenvalue weighted by molar-refractivity contribution is -0.155. The van der Waals surface area contributed by atoms with Crippen molar-refractivity contribution in [1.29, 1.82) is 0 Å². The number of esters is 1. The standard InChI is InChI=1S/C32H50O5/c1-6-7-8-9-10-11-12-13-14-15-16-17-18-19-20-21-28(33)36-29-24(2)25(3)30-27(26(29)4)22-23-32(5,37-30)31(34)35/h7-8H,6,9-23H2,1-5H3,(H,34,35)/b8-7+. The molecule has 5 heteroatoms. The number of hydrogen-bond donors (Lipinski definition) is 1. The van der Waals surface area contributed by atoms with E-state index in [2.05, 4.69) is 19.1 Å². The normalized spacial score (nSPS) is 17.0. The molecule has 1 aliphatic heterocycles. The van der Waals surface area contributed by atoms with Crippen molar-refractivity contribution in [3.8, 4) is 11.5 Å². The van der Waals surface area contributed by atoms with Gasteiger partial charge in [0.15, 0.2) is 0 Å². The zero-order valence-corrected chi connectivity index (χ0v) is 24.0. The summed E-state index contributed by atoms with van der Waals surface area (Å²) in [5, 5.41) is 9.56. The van der Waals surface area contributed by atoms with Gasteiger partial charge in [0.05, 0.1) is 0 Å². The maximum Gasteiger partial charge on any atom is 0.347 e. The molecule has 1 aromatic rings. The average Bonchev–Trinajstić information content (AvgIpc) is 2.87. The van der Waals surface area contributed by atoms with Crippen LogP contribution in [-0.4, -0.2) is 22.6 Å². The smallest absolute Gasteiger partial charge is 0.347 e. The van der Waals surface area contributed by atoms with Crippen molar-refractivity contribution in [3.05, 3.63) is 34.4 Å². The predicted octanol–water partition coefficient (Wildman–Crippen LogP) is 8.72. The third kappa shape index (κ3) is 9.50. The van der Waals surface area contributed by atoms with Crippen LogP contribution in [-0.2, 0) is 16.0 Å². The van der Waals surface area contributed by atoms with Crippen molar-refractivity contribution in [2.24, 2.45) is 0 Å². The minimum Gasteiger partial charge on any atom is -0.478 e. The molecular weight excluding hydrogens is 464 g/mol. The molecule has 1 N–H and O–H groups in total. The van der Waals surface area contributed by atoms with Gasteiger partial charge in [0.1, 0.15) is 11.5 Å². The van der Waals surface area contributed by atoms with Crippen LogP contribution in [0.1, 0.15) is 132 Å². The number of fused-ring (bicyclic) bond motifs is 1. The Morgan fingerprint density at radius 2 is 1.43 bits per heavy atom. The van der Waals surface area contributed by atoms with Gasteiger partial charge < -0.3 is 14.6 Å². The second kappa shape index (κ2) is 15.8. The van der Waals surface area contributed by atoms with Gasteiger partial charge in [0.25, 0.3) is 0 Å². The SMILES string of the molecule is CC/C=C/CCCCCCCCCCCCCC(=O)Oc1c(C)c(C)c2c(c1C)CCC(C)(C(=O)O)O2. The molecule has 0 spiro atoms. The lowest BCUT2D eigenvalue weighted by Crippen LogP contribution is -2.44. The van der Waals surface area contributed by atoms with E-state index in [4.69, 9.17) is 9.47 Å². The summed E-state index contributed by atoms with van der Waals surface area (Å²) in [5.41, 5.74) is 2.30. The van der Waals surface area contributed by atoms with E-state index in [1.807, 2.05) is 20.8 Å². The Morgan fingerprint density at radius 3 is 2.00 bits per heavy atom. The molecule has 0 aromatic heterocycles. The van der Waals surface area contributed by atoms with Crippen LogP contribution < -0.4 is 9.47 Å². The minimum atomic E-state index is -1.22. The van der Waals surface area contributed by atoms with Gasteiger partial charge in [0.2, 0.25) is 5.60 Å². The zero-order chi connectivity index (χ0) is 27.3. The Morgan fingerprint density at radius 1 is 0.865 bits per heavy atom. The van der Waals surface area contributed by atoms with Gasteiger partial charge in [0, 0.05) is 18.4 Å². The topological polar surface area (TPSA) is 72.8 Å². The van der Waals surface area contributed by atoms with Gasteiger partial charge in [-0.15, -0.1) is 0 Å². The molecule has 0 aliphatic carbocycles. The van der Waals surface area contributed by atoms with Crippen molar-refractivity contribution in [2.75, 3.05) is 0 Å². The summed E-state index contributed by atoms with van der Waals surface area (Å²) in [6.45, 7) is 9.55. The van der Waals surface area contributed by atoms with Crippen LogP contribution in [0.4, 0.5) is 0 Å². The van der Waals surface area contributed by atoms with E-state index >= 15 is 0 Å². The van der Waals surface area contributed by atoms with E-state index in [9.17, 15) is 14.7 Å². The monoisotopic (exact) mass is 514 g/mol. The summed E-state index contributed by atoms with van der Waals surface area (Å²) >= 11 is 0. The molecule has 0 saturated heterocycles. The highest BCUT2D eigenvalue weighted by molar-refractivity contribution is 5.79. The molecule has 0 amide bonds. The fourth-order valence-electron chi connectivity index (χ4n) is 5.11. The van der Waals surface area contributed by atoms with Gasteiger partial charge >= 0.3 is 11.9 Å². The first-order chi connectivity index (χ1) is 17.7. The van der Waals surface area contributed by atoms with Crippen LogP contribution in [0.3, 0.4) is 0 Å². The maximum absolute atomic E-state index is 12.6. The highest BCUT2D eigenvalue weighted by Gasteiger charge is 2.41. The molecule has 1 aromatic carbocycles. The largest absolute Gasteiger partial charge is 0.478 e. The highest BCUT2D eigenvalue weighted by atomic mass is 16.5. The molecule has 1 unspecified atom stereocenters. The van der Waals surface area contributed by atoms with E-state index in [0.717, 1.165) is 41.5 Å². The highest BCUT2D eigenvalue weighted by Crippen LogP contribution is 2.44. The quantitative estimate of drug-likeness (QED) is 0.0973. The van der Waals surface area contributed by atoms with Crippen molar-refractivity contribution in [3.63, 3.8) is 0 Å². The van der Waals surface area contributed by atoms with E-state index in [0.29, 0.717) is 30.8 Å². The maximum atomic E-state index is 12.6. The number of hydrogen-bond acceptors (Lipinski definition) is 4.